The van der Waals surface area contributed by atoms with Gasteiger partial charge in [-0.1, -0.05) is 19.3 Å². The predicted molar refractivity (Wildman–Crippen MR) is 77.9 cm³/mol. The SMILES string of the molecule is CN(C)C(=O)CNC(=O)N(C)C1(CC(=O)O)CCCCC1. The van der Waals surface area contributed by atoms with E-state index in [1.54, 1.807) is 21.1 Å². The van der Waals surface area contributed by atoms with Crippen LogP contribution in [0, 0.1) is 0 Å². The van der Waals surface area contributed by atoms with E-state index in [-0.39, 0.29) is 18.9 Å². The Balaban J connectivity index is 2.71. The minimum Gasteiger partial charge on any atom is -0.481 e. The molecule has 1 saturated carbocycles. The number of hydrogen-bond acceptors (Lipinski definition) is 3. The molecule has 0 aromatic heterocycles. The number of carbonyl (C=O) groups is 3. The Morgan fingerprint density at radius 2 is 1.67 bits per heavy atom. The van der Waals surface area contributed by atoms with E-state index >= 15 is 0 Å². The van der Waals surface area contributed by atoms with Gasteiger partial charge in [-0.05, 0) is 12.8 Å². The molecule has 7 heteroatoms. The lowest BCUT2D eigenvalue weighted by Gasteiger charge is -2.43. The molecule has 0 heterocycles. The van der Waals surface area contributed by atoms with Crippen molar-refractivity contribution in [1.82, 2.24) is 15.1 Å². The van der Waals surface area contributed by atoms with Gasteiger partial charge in [-0.2, -0.15) is 0 Å². The molecule has 0 bridgehead atoms. The lowest BCUT2D eigenvalue weighted by atomic mass is 9.78. The van der Waals surface area contributed by atoms with E-state index in [1.807, 2.05) is 0 Å². The van der Waals surface area contributed by atoms with E-state index in [0.29, 0.717) is 12.8 Å². The Morgan fingerprint density at radius 3 is 2.14 bits per heavy atom. The summed E-state index contributed by atoms with van der Waals surface area (Å²) in [6, 6.07) is -0.395. The van der Waals surface area contributed by atoms with Gasteiger partial charge in [-0.3, -0.25) is 9.59 Å². The van der Waals surface area contributed by atoms with Gasteiger partial charge in [0.05, 0.1) is 18.5 Å². The molecule has 1 aliphatic carbocycles. The number of carbonyl (C=O) groups excluding carboxylic acids is 2. The molecule has 0 aliphatic heterocycles. The fourth-order valence-corrected chi connectivity index (χ4v) is 2.77. The summed E-state index contributed by atoms with van der Waals surface area (Å²) in [5.74, 6) is -1.10. The third-order valence-electron chi connectivity index (χ3n) is 4.17. The number of urea groups is 1. The van der Waals surface area contributed by atoms with Crippen molar-refractivity contribution < 1.29 is 19.5 Å². The molecule has 1 aliphatic rings. The van der Waals surface area contributed by atoms with Crippen LogP contribution in [-0.4, -0.2) is 66.0 Å². The quantitative estimate of drug-likeness (QED) is 0.789. The van der Waals surface area contributed by atoms with Crippen LogP contribution < -0.4 is 5.32 Å². The van der Waals surface area contributed by atoms with Crippen molar-refractivity contribution in [1.29, 1.82) is 0 Å². The largest absolute Gasteiger partial charge is 0.481 e. The van der Waals surface area contributed by atoms with Crippen molar-refractivity contribution in [2.45, 2.75) is 44.1 Å². The molecule has 0 atom stereocenters. The zero-order valence-corrected chi connectivity index (χ0v) is 13.0. The first-order valence-electron chi connectivity index (χ1n) is 7.22. The number of hydrogen-bond donors (Lipinski definition) is 2. The third kappa shape index (κ3) is 4.61. The summed E-state index contributed by atoms with van der Waals surface area (Å²) < 4.78 is 0. The van der Waals surface area contributed by atoms with Crippen molar-refractivity contribution in [3.63, 3.8) is 0 Å². The maximum Gasteiger partial charge on any atom is 0.318 e. The molecule has 0 aromatic rings. The van der Waals surface area contributed by atoms with Crippen LogP contribution in [-0.2, 0) is 9.59 Å². The second-order valence-corrected chi connectivity index (χ2v) is 5.86. The monoisotopic (exact) mass is 299 g/mol. The lowest BCUT2D eigenvalue weighted by Crippen LogP contribution is -2.56. The normalized spacial score (nSPS) is 16.9. The van der Waals surface area contributed by atoms with Gasteiger partial charge in [0.2, 0.25) is 5.91 Å². The van der Waals surface area contributed by atoms with Gasteiger partial charge >= 0.3 is 12.0 Å². The number of nitrogens with zero attached hydrogens (tertiary/aromatic N) is 2. The minimum absolute atomic E-state index is 0.0570. The first kappa shape index (κ1) is 17.3. The molecule has 2 N–H and O–H groups in total. The predicted octanol–water partition coefficient (Wildman–Crippen LogP) is 0.894. The van der Waals surface area contributed by atoms with E-state index in [2.05, 4.69) is 5.32 Å². The molecule has 1 fully saturated rings. The topological polar surface area (TPSA) is 90.0 Å². The van der Waals surface area contributed by atoms with Crippen LogP contribution in [0.1, 0.15) is 38.5 Å². The van der Waals surface area contributed by atoms with Gasteiger partial charge < -0.3 is 20.2 Å². The summed E-state index contributed by atoms with van der Waals surface area (Å²) in [6.45, 7) is -0.0840. The van der Waals surface area contributed by atoms with Crippen molar-refractivity contribution in [2.75, 3.05) is 27.7 Å². The second kappa shape index (κ2) is 7.28. The Bertz CT molecular complexity index is 403. The standard InChI is InChI=1S/C14H25N3O4/c1-16(2)11(18)10-15-13(21)17(3)14(9-12(19)20)7-5-4-6-8-14/h4-10H2,1-3H3,(H,15,21)(H,19,20). The molecule has 1 rings (SSSR count). The Morgan fingerprint density at radius 1 is 1.10 bits per heavy atom. The van der Waals surface area contributed by atoms with Crippen LogP contribution in [0.25, 0.3) is 0 Å². The summed E-state index contributed by atoms with van der Waals surface area (Å²) in [5, 5.41) is 11.7. The first-order valence-corrected chi connectivity index (χ1v) is 7.22. The Kier molecular flexibility index (Phi) is 5.99. The number of amides is 3. The van der Waals surface area contributed by atoms with E-state index in [0.717, 1.165) is 19.3 Å². The van der Waals surface area contributed by atoms with Crippen LogP contribution in [0.15, 0.2) is 0 Å². The van der Waals surface area contributed by atoms with Crippen molar-refractivity contribution >= 4 is 17.9 Å². The van der Waals surface area contributed by atoms with Gasteiger partial charge in [0.15, 0.2) is 0 Å². The number of aliphatic carboxylic acids is 1. The van der Waals surface area contributed by atoms with E-state index in [4.69, 9.17) is 5.11 Å². The van der Waals surface area contributed by atoms with E-state index in [9.17, 15) is 14.4 Å². The molecule has 0 spiro atoms. The summed E-state index contributed by atoms with van der Waals surface area (Å²) in [5.41, 5.74) is -0.644. The fraction of sp³-hybridized carbons (Fsp3) is 0.786. The molecule has 0 aromatic carbocycles. The molecule has 0 unspecified atom stereocenters. The van der Waals surface area contributed by atoms with Crippen LogP contribution in [0.3, 0.4) is 0 Å². The number of carboxylic acid groups (broad SMARTS) is 1. The van der Waals surface area contributed by atoms with E-state index in [1.165, 1.54) is 9.80 Å². The summed E-state index contributed by atoms with van der Waals surface area (Å²) in [4.78, 5) is 37.7. The highest BCUT2D eigenvalue weighted by atomic mass is 16.4. The minimum atomic E-state index is -0.902. The molecular weight excluding hydrogens is 274 g/mol. The summed E-state index contributed by atoms with van der Waals surface area (Å²) >= 11 is 0. The molecule has 0 saturated heterocycles. The van der Waals surface area contributed by atoms with Gasteiger partial charge in [-0.25, -0.2) is 4.79 Å². The molecular formula is C14H25N3O4. The van der Waals surface area contributed by atoms with Crippen LogP contribution in [0.5, 0.6) is 0 Å². The molecule has 3 amide bonds. The van der Waals surface area contributed by atoms with Crippen molar-refractivity contribution in [2.24, 2.45) is 0 Å². The number of carboxylic acids is 1. The molecule has 0 radical (unpaired) electrons. The van der Waals surface area contributed by atoms with Gasteiger partial charge in [-0.15, -0.1) is 0 Å². The zero-order valence-electron chi connectivity index (χ0n) is 13.0. The number of nitrogens with one attached hydrogen (secondary N) is 1. The van der Waals surface area contributed by atoms with Gasteiger partial charge in [0.25, 0.3) is 0 Å². The maximum absolute atomic E-state index is 12.2. The first-order chi connectivity index (χ1) is 9.78. The average Bonchev–Trinajstić information content (AvgIpc) is 2.43. The highest BCUT2D eigenvalue weighted by Crippen LogP contribution is 2.35. The lowest BCUT2D eigenvalue weighted by molar-refractivity contribution is -0.140. The van der Waals surface area contributed by atoms with Crippen LogP contribution in [0.4, 0.5) is 4.79 Å². The zero-order chi connectivity index (χ0) is 16.0. The molecule has 21 heavy (non-hydrogen) atoms. The number of rotatable bonds is 5. The molecule has 7 nitrogen and oxygen atoms in total. The van der Waals surface area contributed by atoms with Gasteiger partial charge in [0, 0.05) is 21.1 Å². The maximum atomic E-state index is 12.2. The smallest absolute Gasteiger partial charge is 0.318 e. The average molecular weight is 299 g/mol. The highest BCUT2D eigenvalue weighted by Gasteiger charge is 2.40. The Hall–Kier alpha value is -1.79. The van der Waals surface area contributed by atoms with Crippen molar-refractivity contribution in [3.8, 4) is 0 Å². The second-order valence-electron chi connectivity index (χ2n) is 5.86. The number of likely N-dealkylation sites (N-methyl/N-ethyl adjacent to an activating group) is 1. The van der Waals surface area contributed by atoms with Gasteiger partial charge in [0.1, 0.15) is 0 Å². The Labute approximate surface area is 125 Å². The third-order valence-corrected chi connectivity index (χ3v) is 4.17. The van der Waals surface area contributed by atoms with Crippen LogP contribution in [0.2, 0.25) is 0 Å². The summed E-state index contributed by atoms with van der Waals surface area (Å²) in [7, 11) is 4.85. The highest BCUT2D eigenvalue weighted by molar-refractivity contribution is 5.84. The van der Waals surface area contributed by atoms with Crippen LogP contribution >= 0.6 is 0 Å². The van der Waals surface area contributed by atoms with Crippen molar-refractivity contribution in [3.05, 3.63) is 0 Å². The fourth-order valence-electron chi connectivity index (χ4n) is 2.77. The van der Waals surface area contributed by atoms with E-state index < -0.39 is 17.5 Å². The molecule has 120 valence electrons. The summed E-state index contributed by atoms with van der Waals surface area (Å²) in [6.07, 6.45) is 4.22.